The third-order valence-corrected chi connectivity index (χ3v) is 5.62. The van der Waals surface area contributed by atoms with Crippen LogP contribution in [0, 0.1) is 0 Å². The maximum absolute atomic E-state index is 13.4. The van der Waals surface area contributed by atoms with Crippen molar-refractivity contribution in [3.63, 3.8) is 0 Å². The van der Waals surface area contributed by atoms with E-state index in [9.17, 15) is 4.79 Å². The quantitative estimate of drug-likeness (QED) is 0.524. The second-order valence-corrected chi connectivity index (χ2v) is 8.39. The van der Waals surface area contributed by atoms with Gasteiger partial charge < -0.3 is 14.0 Å². The molecule has 1 saturated heterocycles. The number of aryl methyl sites for hydroxylation is 2. The monoisotopic (exact) mass is 403 g/mol. The van der Waals surface area contributed by atoms with Crippen molar-refractivity contribution in [2.75, 3.05) is 24.6 Å². The van der Waals surface area contributed by atoms with Gasteiger partial charge in [-0.15, -0.1) is 0 Å². The Morgan fingerprint density at radius 1 is 1.17 bits per heavy atom. The van der Waals surface area contributed by atoms with Crippen molar-refractivity contribution in [3.8, 4) is 0 Å². The zero-order valence-corrected chi connectivity index (χ0v) is 17.3. The Morgan fingerprint density at radius 3 is 2.90 bits per heavy atom. The van der Waals surface area contributed by atoms with E-state index in [0.29, 0.717) is 19.6 Å². The van der Waals surface area contributed by atoms with E-state index in [0.717, 1.165) is 40.9 Å². The van der Waals surface area contributed by atoms with E-state index in [1.807, 2.05) is 53.2 Å². The van der Waals surface area contributed by atoms with Gasteiger partial charge in [0, 0.05) is 37.3 Å². The molecule has 4 heterocycles. The topological polar surface area (TPSA) is 64.7 Å². The van der Waals surface area contributed by atoms with Gasteiger partial charge in [-0.1, -0.05) is 18.2 Å². The van der Waals surface area contributed by atoms with Crippen LogP contribution in [0.2, 0.25) is 0 Å². The van der Waals surface area contributed by atoms with Crippen molar-refractivity contribution in [2.24, 2.45) is 0 Å². The second kappa shape index (κ2) is 7.25. The van der Waals surface area contributed by atoms with Crippen LogP contribution >= 0.6 is 0 Å². The molecule has 0 N–H and O–H groups in total. The molecular formula is C23H25N5O2. The zero-order valence-electron chi connectivity index (χ0n) is 17.3. The third-order valence-electron chi connectivity index (χ3n) is 5.62. The summed E-state index contributed by atoms with van der Waals surface area (Å²) in [5.74, 6) is 0. The van der Waals surface area contributed by atoms with Crippen molar-refractivity contribution < 1.29 is 4.74 Å². The minimum Gasteiger partial charge on any atom is -0.372 e. The van der Waals surface area contributed by atoms with Crippen LogP contribution in [0.5, 0.6) is 0 Å². The van der Waals surface area contributed by atoms with Gasteiger partial charge in [0.15, 0.2) is 0 Å². The number of pyridine rings is 1. The van der Waals surface area contributed by atoms with E-state index in [-0.39, 0.29) is 11.2 Å². The van der Waals surface area contributed by atoms with Gasteiger partial charge in [0.05, 0.1) is 41.7 Å². The lowest BCUT2D eigenvalue weighted by Gasteiger charge is -2.39. The number of anilines is 1. The van der Waals surface area contributed by atoms with E-state index in [1.165, 1.54) is 0 Å². The summed E-state index contributed by atoms with van der Waals surface area (Å²) in [7, 11) is 0. The normalized spacial score (nSPS) is 16.4. The number of ether oxygens (including phenoxy) is 1. The smallest absolute Gasteiger partial charge is 0.276 e. The molecule has 0 bridgehead atoms. The maximum atomic E-state index is 13.4. The number of rotatable bonds is 4. The molecule has 0 atom stereocenters. The van der Waals surface area contributed by atoms with Gasteiger partial charge in [-0.05, 0) is 32.0 Å². The Hall–Kier alpha value is -3.19. The summed E-state index contributed by atoms with van der Waals surface area (Å²) in [4.78, 5) is 20.2. The van der Waals surface area contributed by atoms with Crippen LogP contribution in [0.25, 0.3) is 16.4 Å². The van der Waals surface area contributed by atoms with Crippen LogP contribution in [0.1, 0.15) is 19.5 Å². The molecular weight excluding hydrogens is 378 g/mol. The zero-order chi connectivity index (χ0) is 20.7. The summed E-state index contributed by atoms with van der Waals surface area (Å²) in [5, 5.41) is 6.01. The standard InChI is InChI=1S/C23H25N5O2/c1-23(2)16-27(12-13-30-23)19-7-5-6-17-14-24-28(22(29)21(17)19)11-9-18-15-26-10-4-3-8-20(26)25-18/h3-8,10,14-15H,9,11-13,16H2,1-2H3. The Kier molecular flexibility index (Phi) is 4.55. The van der Waals surface area contributed by atoms with Gasteiger partial charge in [0.25, 0.3) is 5.56 Å². The van der Waals surface area contributed by atoms with Crippen molar-refractivity contribution >= 4 is 22.1 Å². The molecule has 1 aliphatic rings. The Morgan fingerprint density at radius 2 is 2.07 bits per heavy atom. The molecule has 0 saturated carbocycles. The second-order valence-electron chi connectivity index (χ2n) is 8.39. The van der Waals surface area contributed by atoms with Gasteiger partial charge in [-0.25, -0.2) is 9.67 Å². The summed E-state index contributed by atoms with van der Waals surface area (Å²) in [6, 6.07) is 11.9. The largest absolute Gasteiger partial charge is 0.372 e. The molecule has 0 aliphatic carbocycles. The molecule has 3 aromatic heterocycles. The fourth-order valence-electron chi connectivity index (χ4n) is 4.18. The van der Waals surface area contributed by atoms with Crippen molar-refractivity contribution in [1.82, 2.24) is 19.2 Å². The molecule has 154 valence electrons. The van der Waals surface area contributed by atoms with Gasteiger partial charge in [-0.3, -0.25) is 4.79 Å². The summed E-state index contributed by atoms with van der Waals surface area (Å²) < 4.78 is 9.40. The molecule has 7 heteroatoms. The molecule has 7 nitrogen and oxygen atoms in total. The average Bonchev–Trinajstić information content (AvgIpc) is 3.15. The highest BCUT2D eigenvalue weighted by Gasteiger charge is 2.28. The summed E-state index contributed by atoms with van der Waals surface area (Å²) in [6.45, 7) is 6.82. The molecule has 1 aliphatic heterocycles. The molecule has 0 radical (unpaired) electrons. The number of morpholine rings is 1. The molecule has 30 heavy (non-hydrogen) atoms. The van der Waals surface area contributed by atoms with E-state index in [1.54, 1.807) is 10.9 Å². The maximum Gasteiger partial charge on any atom is 0.276 e. The Balaban J connectivity index is 1.47. The lowest BCUT2D eigenvalue weighted by molar-refractivity contribution is -0.0276. The number of benzene rings is 1. The first-order chi connectivity index (χ1) is 14.5. The van der Waals surface area contributed by atoms with Gasteiger partial charge >= 0.3 is 0 Å². The highest BCUT2D eigenvalue weighted by atomic mass is 16.5. The van der Waals surface area contributed by atoms with Crippen LogP contribution in [-0.2, 0) is 17.7 Å². The molecule has 0 spiro atoms. The van der Waals surface area contributed by atoms with Crippen LogP contribution in [0.15, 0.2) is 59.8 Å². The number of aromatic nitrogens is 4. The van der Waals surface area contributed by atoms with Gasteiger partial charge in [-0.2, -0.15) is 5.10 Å². The van der Waals surface area contributed by atoms with Crippen LogP contribution in [0.3, 0.4) is 0 Å². The van der Waals surface area contributed by atoms with Crippen molar-refractivity contribution in [3.05, 3.63) is 71.0 Å². The molecule has 4 aromatic rings. The first kappa shape index (κ1) is 18.8. The van der Waals surface area contributed by atoms with E-state index >= 15 is 0 Å². The van der Waals surface area contributed by atoms with E-state index in [2.05, 4.69) is 28.8 Å². The molecule has 1 fully saturated rings. The number of nitrogens with zero attached hydrogens (tertiary/aromatic N) is 5. The molecule has 0 amide bonds. The molecule has 1 aromatic carbocycles. The first-order valence-electron chi connectivity index (χ1n) is 10.3. The third kappa shape index (κ3) is 3.45. The number of hydrogen-bond donors (Lipinski definition) is 0. The minimum atomic E-state index is -0.240. The first-order valence-corrected chi connectivity index (χ1v) is 10.3. The molecule has 0 unspecified atom stereocenters. The van der Waals surface area contributed by atoms with Crippen LogP contribution in [-0.4, -0.2) is 44.5 Å². The summed E-state index contributed by atoms with van der Waals surface area (Å²) >= 11 is 0. The fraction of sp³-hybridized carbons (Fsp3) is 0.348. The number of imidazole rings is 1. The lowest BCUT2D eigenvalue weighted by atomic mass is 10.0. The average molecular weight is 403 g/mol. The van der Waals surface area contributed by atoms with Crippen molar-refractivity contribution in [2.45, 2.75) is 32.4 Å². The minimum absolute atomic E-state index is 0.0591. The highest BCUT2D eigenvalue weighted by molar-refractivity contribution is 5.93. The lowest BCUT2D eigenvalue weighted by Crippen LogP contribution is -2.48. The van der Waals surface area contributed by atoms with Gasteiger partial charge in [0.1, 0.15) is 5.65 Å². The predicted octanol–water partition coefficient (Wildman–Crippen LogP) is 2.90. The Labute approximate surface area is 174 Å². The SMILES string of the molecule is CC1(C)CN(c2cccc3cnn(CCc4cn5ccccc5n4)c(=O)c23)CCO1. The number of fused-ring (bicyclic) bond motifs is 2. The Bertz CT molecular complexity index is 1240. The van der Waals surface area contributed by atoms with Crippen LogP contribution < -0.4 is 10.5 Å². The highest BCUT2D eigenvalue weighted by Crippen LogP contribution is 2.28. The van der Waals surface area contributed by atoms with Crippen LogP contribution in [0.4, 0.5) is 5.69 Å². The number of hydrogen-bond acceptors (Lipinski definition) is 5. The molecule has 5 rings (SSSR count). The summed E-state index contributed by atoms with van der Waals surface area (Å²) in [5.41, 5.74) is 2.51. The van der Waals surface area contributed by atoms with Crippen molar-refractivity contribution in [1.29, 1.82) is 0 Å². The van der Waals surface area contributed by atoms with E-state index in [4.69, 9.17) is 4.74 Å². The fourth-order valence-corrected chi connectivity index (χ4v) is 4.18. The summed E-state index contributed by atoms with van der Waals surface area (Å²) in [6.07, 6.45) is 6.41. The van der Waals surface area contributed by atoms with E-state index < -0.39 is 0 Å². The van der Waals surface area contributed by atoms with Gasteiger partial charge in [0.2, 0.25) is 0 Å². The predicted molar refractivity (Wildman–Crippen MR) is 117 cm³/mol.